The molecule has 3 aromatic heterocycles. The molecule has 2 N–H and O–H groups in total. The zero-order chi connectivity index (χ0) is 18.3. The number of nitrogens with one attached hydrogen (secondary N) is 2. The predicted molar refractivity (Wildman–Crippen MR) is 94.1 cm³/mol. The summed E-state index contributed by atoms with van der Waals surface area (Å²) in [7, 11) is 0. The molecule has 0 atom stereocenters. The molecular formula is C18H16FN5O2. The van der Waals surface area contributed by atoms with Crippen LogP contribution in [0.4, 0.5) is 4.39 Å². The fourth-order valence-corrected chi connectivity index (χ4v) is 2.86. The molecule has 0 spiro atoms. The minimum Gasteiger partial charge on any atom is -0.404 e. The summed E-state index contributed by atoms with van der Waals surface area (Å²) < 4.78 is 14.9. The number of fused-ring (bicyclic) bond motifs is 1. The fraction of sp³-hybridized carbons (Fsp3) is 0.167. The lowest BCUT2D eigenvalue weighted by Crippen LogP contribution is -2.24. The molecule has 26 heavy (non-hydrogen) atoms. The summed E-state index contributed by atoms with van der Waals surface area (Å²) in [5, 5.41) is 6.61. The third-order valence-electron chi connectivity index (χ3n) is 4.40. The second kappa shape index (κ2) is 6.14. The third kappa shape index (κ3) is 2.65. The highest BCUT2D eigenvalue weighted by molar-refractivity contribution is 5.74. The maximum atomic E-state index is 13.8. The van der Waals surface area contributed by atoms with Crippen LogP contribution in [-0.2, 0) is 6.61 Å². The van der Waals surface area contributed by atoms with Crippen LogP contribution in [0.5, 0.6) is 0 Å². The molecule has 132 valence electrons. The number of aromatic nitrogens is 5. The molecule has 7 nitrogen and oxygen atoms in total. The first-order valence-corrected chi connectivity index (χ1v) is 8.03. The Morgan fingerprint density at radius 2 is 2.08 bits per heavy atom. The van der Waals surface area contributed by atoms with Gasteiger partial charge in [0.05, 0.1) is 11.9 Å². The summed E-state index contributed by atoms with van der Waals surface area (Å²) in [5.41, 5.74) is 4.09. The van der Waals surface area contributed by atoms with Gasteiger partial charge < -0.3 is 4.84 Å². The smallest absolute Gasteiger partial charge is 0.360 e. The van der Waals surface area contributed by atoms with Crippen molar-refractivity contribution in [2.75, 3.05) is 0 Å². The highest BCUT2D eigenvalue weighted by Gasteiger charge is 2.13. The molecule has 0 saturated heterocycles. The van der Waals surface area contributed by atoms with Gasteiger partial charge in [0.15, 0.2) is 5.65 Å². The number of halogens is 1. The van der Waals surface area contributed by atoms with Gasteiger partial charge in [0.1, 0.15) is 17.9 Å². The van der Waals surface area contributed by atoms with E-state index in [1.807, 2.05) is 6.92 Å². The van der Waals surface area contributed by atoms with Gasteiger partial charge in [-0.15, -0.1) is 4.73 Å². The van der Waals surface area contributed by atoms with Crippen molar-refractivity contribution in [2.45, 2.75) is 20.5 Å². The lowest BCUT2D eigenvalue weighted by molar-refractivity contribution is 0.0980. The van der Waals surface area contributed by atoms with Crippen molar-refractivity contribution >= 4 is 11.2 Å². The molecule has 3 heterocycles. The van der Waals surface area contributed by atoms with Crippen molar-refractivity contribution in [1.82, 2.24) is 24.9 Å². The lowest BCUT2D eigenvalue weighted by Gasteiger charge is -2.12. The van der Waals surface area contributed by atoms with E-state index in [1.165, 1.54) is 6.07 Å². The molecule has 0 aliphatic carbocycles. The van der Waals surface area contributed by atoms with Crippen LogP contribution in [0.15, 0.2) is 41.5 Å². The Kier molecular flexibility index (Phi) is 3.80. The Balaban J connectivity index is 1.68. The minimum atomic E-state index is -0.441. The number of H-pyrrole nitrogens is 2. The zero-order valence-electron chi connectivity index (χ0n) is 14.2. The van der Waals surface area contributed by atoms with E-state index in [2.05, 4.69) is 20.2 Å². The molecule has 1 aromatic carbocycles. The van der Waals surface area contributed by atoms with Gasteiger partial charge in [-0.25, -0.2) is 14.2 Å². The molecule has 0 unspecified atom stereocenters. The van der Waals surface area contributed by atoms with Gasteiger partial charge in [0, 0.05) is 17.3 Å². The van der Waals surface area contributed by atoms with E-state index < -0.39 is 5.69 Å². The van der Waals surface area contributed by atoms with E-state index in [4.69, 9.17) is 4.84 Å². The van der Waals surface area contributed by atoms with Crippen LogP contribution in [-0.4, -0.2) is 24.9 Å². The van der Waals surface area contributed by atoms with Gasteiger partial charge in [0.2, 0.25) is 0 Å². The first-order chi connectivity index (χ1) is 12.5. The van der Waals surface area contributed by atoms with Gasteiger partial charge >= 0.3 is 5.69 Å². The summed E-state index contributed by atoms with van der Waals surface area (Å²) >= 11 is 0. The van der Waals surface area contributed by atoms with Crippen molar-refractivity contribution in [3.63, 3.8) is 0 Å². The van der Waals surface area contributed by atoms with Crippen LogP contribution in [0.2, 0.25) is 0 Å². The summed E-state index contributed by atoms with van der Waals surface area (Å²) in [6.45, 7) is 3.64. The second-order valence-corrected chi connectivity index (χ2v) is 6.02. The summed E-state index contributed by atoms with van der Waals surface area (Å²) in [4.78, 5) is 25.0. The molecule has 0 aliphatic rings. The Hall–Kier alpha value is -3.42. The van der Waals surface area contributed by atoms with Gasteiger partial charge in [-0.2, -0.15) is 5.10 Å². The van der Waals surface area contributed by atoms with Crippen LogP contribution in [0.1, 0.15) is 16.7 Å². The molecule has 4 aromatic rings. The van der Waals surface area contributed by atoms with Crippen LogP contribution in [0.3, 0.4) is 0 Å². The Labute approximate surface area is 147 Å². The topological polar surface area (TPSA) is 88.6 Å². The maximum Gasteiger partial charge on any atom is 0.360 e. The van der Waals surface area contributed by atoms with Gasteiger partial charge in [0.25, 0.3) is 0 Å². The summed E-state index contributed by atoms with van der Waals surface area (Å²) in [6.07, 6.45) is 3.37. The van der Waals surface area contributed by atoms with E-state index in [0.29, 0.717) is 28.0 Å². The number of rotatable bonds is 4. The van der Waals surface area contributed by atoms with E-state index >= 15 is 0 Å². The summed E-state index contributed by atoms with van der Waals surface area (Å²) in [5.74, 6) is -0.299. The number of aryl methyl sites for hydroxylation is 1. The van der Waals surface area contributed by atoms with E-state index in [0.717, 1.165) is 15.9 Å². The van der Waals surface area contributed by atoms with Crippen molar-refractivity contribution in [3.8, 4) is 11.3 Å². The number of imidazole rings is 1. The monoisotopic (exact) mass is 353 g/mol. The quantitative estimate of drug-likeness (QED) is 0.590. The third-order valence-corrected chi connectivity index (χ3v) is 4.40. The van der Waals surface area contributed by atoms with Crippen molar-refractivity contribution < 1.29 is 9.23 Å². The highest BCUT2D eigenvalue weighted by Crippen LogP contribution is 2.19. The molecule has 4 rings (SSSR count). The van der Waals surface area contributed by atoms with Gasteiger partial charge in [-0.1, -0.05) is 6.07 Å². The number of nitrogens with zero attached hydrogens (tertiary/aromatic N) is 3. The van der Waals surface area contributed by atoms with E-state index in [9.17, 15) is 9.18 Å². The number of hydrogen-bond donors (Lipinski definition) is 2. The molecular weight excluding hydrogens is 337 g/mol. The Bertz CT molecular complexity index is 1140. The van der Waals surface area contributed by atoms with Crippen LogP contribution < -0.4 is 10.5 Å². The number of hydrogen-bond acceptors (Lipinski definition) is 4. The molecule has 0 saturated carbocycles. The summed E-state index contributed by atoms with van der Waals surface area (Å²) in [6, 6.07) is 6.64. The van der Waals surface area contributed by atoms with Crippen molar-refractivity contribution in [1.29, 1.82) is 0 Å². The van der Waals surface area contributed by atoms with E-state index in [1.54, 1.807) is 37.5 Å². The first-order valence-electron chi connectivity index (χ1n) is 8.03. The van der Waals surface area contributed by atoms with Crippen LogP contribution in [0.25, 0.3) is 22.4 Å². The largest absolute Gasteiger partial charge is 0.404 e. The van der Waals surface area contributed by atoms with Crippen molar-refractivity contribution in [3.05, 3.63) is 69.7 Å². The number of pyridine rings is 1. The molecule has 0 radical (unpaired) electrons. The van der Waals surface area contributed by atoms with Gasteiger partial charge in [-0.05, 0) is 43.2 Å². The zero-order valence-corrected chi connectivity index (χ0v) is 14.2. The minimum absolute atomic E-state index is 0.0752. The molecule has 0 fully saturated rings. The first kappa shape index (κ1) is 16.1. The average molecular weight is 353 g/mol. The van der Waals surface area contributed by atoms with Crippen LogP contribution in [0, 0.1) is 19.7 Å². The molecule has 8 heteroatoms. The predicted octanol–water partition coefficient (Wildman–Crippen LogP) is 2.50. The number of aromatic amines is 2. The highest BCUT2D eigenvalue weighted by atomic mass is 19.1. The Morgan fingerprint density at radius 3 is 2.85 bits per heavy atom. The van der Waals surface area contributed by atoms with E-state index in [-0.39, 0.29) is 12.4 Å². The Morgan fingerprint density at radius 1 is 1.23 bits per heavy atom. The number of benzene rings is 1. The molecule has 0 amide bonds. The molecule has 0 aliphatic heterocycles. The second-order valence-electron chi connectivity index (χ2n) is 6.02. The SMILES string of the molecule is Cc1ccc(F)c(C)c1COn1c(=O)[nH]c2nc(-c3cn[nH]c3)ccc21. The fourth-order valence-electron chi connectivity index (χ4n) is 2.86. The maximum absolute atomic E-state index is 13.8. The normalized spacial score (nSPS) is 11.2. The standard InChI is InChI=1S/C18H16FN5O2/c1-10-3-4-14(19)11(2)13(10)9-26-24-16-6-5-15(12-7-20-21-8-12)22-17(16)23-18(24)25/h3-8H,9H2,1-2H3,(H,20,21)(H,22,23,25). The average Bonchev–Trinajstić information content (AvgIpc) is 3.26. The van der Waals surface area contributed by atoms with Crippen LogP contribution >= 0.6 is 0 Å². The molecule has 0 bridgehead atoms. The van der Waals surface area contributed by atoms with Crippen molar-refractivity contribution in [2.24, 2.45) is 0 Å². The van der Waals surface area contributed by atoms with Gasteiger partial charge in [-0.3, -0.25) is 10.1 Å². The lowest BCUT2D eigenvalue weighted by atomic mass is 10.0.